The number of aliphatic hydroxyl groups excluding tert-OH is 1. The topological polar surface area (TPSA) is 98.2 Å². The molecule has 1 atom stereocenters. The predicted octanol–water partition coefficient (Wildman–Crippen LogP) is 1.55. The van der Waals surface area contributed by atoms with Gasteiger partial charge in [0.15, 0.2) is 11.6 Å². The molecule has 0 aliphatic carbocycles. The van der Waals surface area contributed by atoms with Gasteiger partial charge in [0.05, 0.1) is 22.8 Å². The number of aliphatic hydroxyl groups is 1. The lowest BCUT2D eigenvalue weighted by Crippen LogP contribution is -2.50. The summed E-state index contributed by atoms with van der Waals surface area (Å²) >= 11 is 0. The molecular weight excluding hydrogens is 356 g/mol. The number of H-pyrrole nitrogens is 1. The number of aromatic amines is 1. The number of piperidine rings is 1. The number of carbonyl (C=O) groups excluding carboxylic acids is 1. The average molecular weight is 378 g/mol. The van der Waals surface area contributed by atoms with Crippen LogP contribution in [0.1, 0.15) is 35.1 Å². The standard InChI is InChI=1S/C20H22N6O2/c27-14-4-3-9-25(12-14)19-17(21-7-8-22-19)13-10-26(11-13)20(28)18-23-15-5-1-2-6-16(15)24-18/h1-2,5-8,13-14,27H,3-4,9-12H2,(H,23,24)/t14-/m0/s1. The van der Waals surface area contributed by atoms with Gasteiger partial charge in [-0.1, -0.05) is 12.1 Å². The van der Waals surface area contributed by atoms with Gasteiger partial charge in [-0.25, -0.2) is 9.97 Å². The summed E-state index contributed by atoms with van der Waals surface area (Å²) in [5, 5.41) is 9.99. The molecule has 2 aromatic heterocycles. The molecule has 0 spiro atoms. The normalized spacial score (nSPS) is 20.4. The second-order valence-electron chi connectivity index (χ2n) is 7.52. The number of imidazole rings is 1. The van der Waals surface area contributed by atoms with E-state index in [2.05, 4.69) is 24.8 Å². The molecule has 8 heteroatoms. The largest absolute Gasteiger partial charge is 0.391 e. The highest BCUT2D eigenvalue weighted by Gasteiger charge is 2.37. The highest BCUT2D eigenvalue weighted by Crippen LogP contribution is 2.33. The average Bonchev–Trinajstić information content (AvgIpc) is 3.11. The number of nitrogens with zero attached hydrogens (tertiary/aromatic N) is 5. The van der Waals surface area contributed by atoms with Crippen LogP contribution in [0.2, 0.25) is 0 Å². The Labute approximate surface area is 162 Å². The number of β-amino-alcohol motifs (C(OH)–C–C–N with tert-alkyl or cyclic N) is 1. The van der Waals surface area contributed by atoms with E-state index in [1.807, 2.05) is 24.3 Å². The number of aromatic nitrogens is 4. The molecule has 0 bridgehead atoms. The van der Waals surface area contributed by atoms with Crippen LogP contribution in [-0.4, -0.2) is 68.1 Å². The van der Waals surface area contributed by atoms with Gasteiger partial charge in [0.1, 0.15) is 0 Å². The number of para-hydroxylation sites is 2. The van der Waals surface area contributed by atoms with Crippen molar-refractivity contribution in [1.82, 2.24) is 24.8 Å². The Kier molecular flexibility index (Phi) is 4.20. The fraction of sp³-hybridized carbons (Fsp3) is 0.400. The zero-order valence-electron chi connectivity index (χ0n) is 15.5. The van der Waals surface area contributed by atoms with Crippen molar-refractivity contribution in [2.24, 2.45) is 0 Å². The molecular formula is C20H22N6O2. The van der Waals surface area contributed by atoms with E-state index in [-0.39, 0.29) is 17.9 Å². The van der Waals surface area contributed by atoms with E-state index in [9.17, 15) is 9.90 Å². The summed E-state index contributed by atoms with van der Waals surface area (Å²) in [7, 11) is 0. The van der Waals surface area contributed by atoms with Gasteiger partial charge in [-0.3, -0.25) is 9.78 Å². The molecule has 3 aromatic rings. The zero-order valence-corrected chi connectivity index (χ0v) is 15.5. The first-order valence-electron chi connectivity index (χ1n) is 9.67. The lowest BCUT2D eigenvalue weighted by atomic mass is 9.94. The Hall–Kier alpha value is -3.00. The molecule has 2 aliphatic heterocycles. The number of benzene rings is 1. The lowest BCUT2D eigenvalue weighted by Gasteiger charge is -2.40. The van der Waals surface area contributed by atoms with Crippen molar-refractivity contribution in [2.45, 2.75) is 24.9 Å². The third-order valence-electron chi connectivity index (χ3n) is 5.55. The first kappa shape index (κ1) is 17.1. The fourth-order valence-corrected chi connectivity index (χ4v) is 4.04. The van der Waals surface area contributed by atoms with Gasteiger partial charge in [-0.2, -0.15) is 0 Å². The first-order valence-corrected chi connectivity index (χ1v) is 9.67. The number of fused-ring (bicyclic) bond motifs is 1. The van der Waals surface area contributed by atoms with Crippen molar-refractivity contribution < 1.29 is 9.90 Å². The van der Waals surface area contributed by atoms with Crippen molar-refractivity contribution in [2.75, 3.05) is 31.1 Å². The van der Waals surface area contributed by atoms with Crippen LogP contribution in [0, 0.1) is 0 Å². The Morgan fingerprint density at radius 2 is 1.96 bits per heavy atom. The lowest BCUT2D eigenvalue weighted by molar-refractivity contribution is 0.0587. The van der Waals surface area contributed by atoms with E-state index in [0.29, 0.717) is 25.5 Å². The second-order valence-corrected chi connectivity index (χ2v) is 7.52. The molecule has 8 nitrogen and oxygen atoms in total. The Balaban J connectivity index is 1.31. The minimum Gasteiger partial charge on any atom is -0.391 e. The third kappa shape index (κ3) is 2.99. The van der Waals surface area contributed by atoms with Crippen molar-refractivity contribution >= 4 is 22.8 Å². The third-order valence-corrected chi connectivity index (χ3v) is 5.55. The van der Waals surface area contributed by atoms with Crippen LogP contribution in [0.3, 0.4) is 0 Å². The van der Waals surface area contributed by atoms with Gasteiger partial charge < -0.3 is 19.9 Å². The van der Waals surface area contributed by atoms with E-state index in [0.717, 1.165) is 41.9 Å². The Morgan fingerprint density at radius 1 is 1.14 bits per heavy atom. The van der Waals surface area contributed by atoms with Crippen LogP contribution in [-0.2, 0) is 0 Å². The fourth-order valence-electron chi connectivity index (χ4n) is 4.04. The zero-order chi connectivity index (χ0) is 19.1. The van der Waals surface area contributed by atoms with E-state index in [1.54, 1.807) is 17.3 Å². The quantitative estimate of drug-likeness (QED) is 0.718. The van der Waals surface area contributed by atoms with Crippen LogP contribution >= 0.6 is 0 Å². The molecule has 0 unspecified atom stereocenters. The molecule has 144 valence electrons. The van der Waals surface area contributed by atoms with E-state index < -0.39 is 0 Å². The summed E-state index contributed by atoms with van der Waals surface area (Å²) in [6.07, 6.45) is 4.84. The van der Waals surface area contributed by atoms with E-state index in [1.165, 1.54) is 0 Å². The van der Waals surface area contributed by atoms with E-state index >= 15 is 0 Å². The molecule has 2 fully saturated rings. The molecule has 0 saturated carbocycles. The number of hydrogen-bond acceptors (Lipinski definition) is 6. The van der Waals surface area contributed by atoms with Gasteiger partial charge in [-0.05, 0) is 25.0 Å². The molecule has 2 saturated heterocycles. The molecule has 1 amide bonds. The van der Waals surface area contributed by atoms with Crippen molar-refractivity contribution in [3.05, 3.63) is 48.2 Å². The molecule has 28 heavy (non-hydrogen) atoms. The summed E-state index contributed by atoms with van der Waals surface area (Å²) in [6, 6.07) is 7.63. The van der Waals surface area contributed by atoms with Gasteiger partial charge in [0, 0.05) is 44.5 Å². The molecule has 5 rings (SSSR count). The number of anilines is 1. The van der Waals surface area contributed by atoms with Gasteiger partial charge >= 0.3 is 0 Å². The monoisotopic (exact) mass is 378 g/mol. The minimum absolute atomic E-state index is 0.0914. The molecule has 4 heterocycles. The number of hydrogen-bond donors (Lipinski definition) is 2. The van der Waals surface area contributed by atoms with E-state index in [4.69, 9.17) is 0 Å². The number of carbonyl (C=O) groups is 1. The van der Waals surface area contributed by atoms with Crippen LogP contribution in [0.4, 0.5) is 5.82 Å². The number of nitrogens with one attached hydrogen (secondary N) is 1. The van der Waals surface area contributed by atoms with Crippen LogP contribution < -0.4 is 4.90 Å². The van der Waals surface area contributed by atoms with Crippen molar-refractivity contribution in [3.63, 3.8) is 0 Å². The first-order chi connectivity index (χ1) is 13.7. The highest BCUT2D eigenvalue weighted by molar-refractivity contribution is 5.94. The number of rotatable bonds is 3. The molecule has 2 aliphatic rings. The maximum absolute atomic E-state index is 12.8. The smallest absolute Gasteiger partial charge is 0.289 e. The van der Waals surface area contributed by atoms with Crippen molar-refractivity contribution in [1.29, 1.82) is 0 Å². The summed E-state index contributed by atoms with van der Waals surface area (Å²) in [5.41, 5.74) is 2.57. The van der Waals surface area contributed by atoms with Gasteiger partial charge in [-0.15, -0.1) is 0 Å². The molecule has 2 N–H and O–H groups in total. The highest BCUT2D eigenvalue weighted by atomic mass is 16.3. The predicted molar refractivity (Wildman–Crippen MR) is 104 cm³/mol. The maximum atomic E-state index is 12.8. The number of likely N-dealkylation sites (tertiary alicyclic amines) is 1. The molecule has 1 aromatic carbocycles. The second kappa shape index (κ2) is 6.87. The summed E-state index contributed by atoms with van der Waals surface area (Å²) in [6.45, 7) is 2.65. The van der Waals surface area contributed by atoms with Gasteiger partial charge in [0.25, 0.3) is 5.91 Å². The Morgan fingerprint density at radius 3 is 2.79 bits per heavy atom. The summed E-state index contributed by atoms with van der Waals surface area (Å²) in [5.74, 6) is 1.27. The van der Waals surface area contributed by atoms with Crippen molar-refractivity contribution in [3.8, 4) is 0 Å². The van der Waals surface area contributed by atoms with Crippen LogP contribution in [0.5, 0.6) is 0 Å². The maximum Gasteiger partial charge on any atom is 0.289 e. The summed E-state index contributed by atoms with van der Waals surface area (Å²) in [4.78, 5) is 33.2. The minimum atomic E-state index is -0.323. The molecule has 0 radical (unpaired) electrons. The summed E-state index contributed by atoms with van der Waals surface area (Å²) < 4.78 is 0. The number of amides is 1. The Bertz CT molecular complexity index is 980. The van der Waals surface area contributed by atoms with Crippen LogP contribution in [0.25, 0.3) is 11.0 Å². The SMILES string of the molecule is O=C(c1nc2ccccc2[nH]1)N1CC(c2nccnc2N2CCC[C@H](O)C2)C1. The van der Waals surface area contributed by atoms with Crippen LogP contribution in [0.15, 0.2) is 36.7 Å². The van der Waals surface area contributed by atoms with Gasteiger partial charge in [0.2, 0.25) is 0 Å².